The van der Waals surface area contributed by atoms with E-state index in [-0.39, 0.29) is 11.9 Å². The van der Waals surface area contributed by atoms with Crippen LogP contribution in [0.4, 0.5) is 0 Å². The van der Waals surface area contributed by atoms with E-state index in [4.69, 9.17) is 0 Å². The molecular weight excluding hydrogens is 128 g/mol. The molecule has 0 bridgehead atoms. The molecule has 0 radical (unpaired) electrons. The second kappa shape index (κ2) is 1.87. The number of amides is 1. The van der Waals surface area contributed by atoms with Gasteiger partial charge in [0.15, 0.2) is 0 Å². The van der Waals surface area contributed by atoms with Gasteiger partial charge in [0.2, 0.25) is 5.91 Å². The van der Waals surface area contributed by atoms with E-state index in [0.717, 1.165) is 5.70 Å². The van der Waals surface area contributed by atoms with Crippen LogP contribution in [0.5, 0.6) is 0 Å². The zero-order valence-corrected chi connectivity index (χ0v) is 5.42. The molecule has 1 unspecified atom stereocenters. The van der Waals surface area contributed by atoms with Crippen LogP contribution < -0.4 is 10.6 Å². The van der Waals surface area contributed by atoms with Crippen molar-refractivity contribution in [2.45, 2.75) is 12.5 Å². The molecule has 0 aromatic carbocycles. The van der Waals surface area contributed by atoms with Gasteiger partial charge in [0.05, 0.1) is 12.5 Å². The lowest BCUT2D eigenvalue weighted by atomic mass is 10.1. The lowest BCUT2D eigenvalue weighted by Crippen LogP contribution is -2.26. The quantitative estimate of drug-likeness (QED) is 0.487. The number of fused-ring (bicyclic) bond motifs is 1. The maximum Gasteiger partial charge on any atom is 0.226 e. The van der Waals surface area contributed by atoms with Gasteiger partial charge >= 0.3 is 0 Å². The summed E-state index contributed by atoms with van der Waals surface area (Å²) < 4.78 is 0. The molecule has 1 fully saturated rings. The van der Waals surface area contributed by atoms with Crippen molar-refractivity contribution in [3.8, 4) is 0 Å². The summed E-state index contributed by atoms with van der Waals surface area (Å²) in [6, 6.07) is 0.206. The molecule has 2 aliphatic heterocycles. The van der Waals surface area contributed by atoms with Gasteiger partial charge in [-0.2, -0.15) is 0 Å². The number of rotatable bonds is 0. The van der Waals surface area contributed by atoms with E-state index in [2.05, 4.69) is 10.6 Å². The van der Waals surface area contributed by atoms with E-state index in [1.54, 1.807) is 0 Å². The van der Waals surface area contributed by atoms with Crippen molar-refractivity contribution in [3.63, 3.8) is 0 Å². The highest BCUT2D eigenvalue weighted by Gasteiger charge is 2.26. The van der Waals surface area contributed by atoms with E-state index in [0.29, 0.717) is 6.42 Å². The van der Waals surface area contributed by atoms with Crippen LogP contribution in [0.3, 0.4) is 0 Å². The number of allylic oxidation sites excluding steroid dienone is 2. The molecule has 3 heteroatoms. The fourth-order valence-corrected chi connectivity index (χ4v) is 1.22. The Morgan fingerprint density at radius 1 is 1.60 bits per heavy atom. The molecule has 1 saturated heterocycles. The molecular formula is C7H8N2O. The molecule has 0 aliphatic carbocycles. The molecule has 1 amide bonds. The Kier molecular flexibility index (Phi) is 1.03. The minimum atomic E-state index is 0.104. The molecule has 2 heterocycles. The van der Waals surface area contributed by atoms with Gasteiger partial charge in [-0.3, -0.25) is 4.79 Å². The van der Waals surface area contributed by atoms with Gasteiger partial charge in [0.1, 0.15) is 0 Å². The van der Waals surface area contributed by atoms with Gasteiger partial charge in [0, 0.05) is 5.70 Å². The molecule has 0 spiro atoms. The van der Waals surface area contributed by atoms with Crippen molar-refractivity contribution < 1.29 is 4.79 Å². The molecule has 0 aromatic heterocycles. The molecule has 2 N–H and O–H groups in total. The van der Waals surface area contributed by atoms with Crippen LogP contribution in [0.15, 0.2) is 24.0 Å². The number of carbonyl (C=O) groups excluding carboxylic acids is 1. The predicted octanol–water partition coefficient (Wildman–Crippen LogP) is -0.124. The Hall–Kier alpha value is -1.25. The van der Waals surface area contributed by atoms with Gasteiger partial charge in [-0.25, -0.2) is 0 Å². The summed E-state index contributed by atoms with van der Waals surface area (Å²) in [7, 11) is 0. The van der Waals surface area contributed by atoms with E-state index in [1.165, 1.54) is 0 Å². The number of carbonyl (C=O) groups is 1. The first kappa shape index (κ1) is 5.53. The van der Waals surface area contributed by atoms with Crippen molar-refractivity contribution in [2.75, 3.05) is 0 Å². The van der Waals surface area contributed by atoms with Gasteiger partial charge < -0.3 is 10.6 Å². The van der Waals surface area contributed by atoms with Crippen molar-refractivity contribution in [1.29, 1.82) is 0 Å². The molecule has 2 aliphatic rings. The third-order valence-electron chi connectivity index (χ3n) is 1.72. The van der Waals surface area contributed by atoms with Crippen molar-refractivity contribution in [2.24, 2.45) is 0 Å². The maximum absolute atomic E-state index is 10.8. The largest absolute Gasteiger partial charge is 0.382 e. The normalized spacial score (nSPS) is 28.6. The van der Waals surface area contributed by atoms with Crippen LogP contribution >= 0.6 is 0 Å². The Balaban J connectivity index is 2.26. The minimum Gasteiger partial charge on any atom is -0.382 e. The Labute approximate surface area is 58.8 Å². The Bertz CT molecular complexity index is 230. The standard InChI is InChI=1S/C7H8N2O/c10-7-4-6-5(9-7)2-1-3-8-6/h1-3,6,8H,4H2,(H,9,10). The first-order chi connectivity index (χ1) is 4.86. The molecule has 0 aromatic rings. The summed E-state index contributed by atoms with van der Waals surface area (Å²) in [6.45, 7) is 0. The highest BCUT2D eigenvalue weighted by Crippen LogP contribution is 2.14. The fourth-order valence-electron chi connectivity index (χ4n) is 1.22. The van der Waals surface area contributed by atoms with Gasteiger partial charge in [0.25, 0.3) is 0 Å². The van der Waals surface area contributed by atoms with Crippen molar-refractivity contribution >= 4 is 5.91 Å². The molecule has 2 rings (SSSR count). The smallest absolute Gasteiger partial charge is 0.226 e. The fraction of sp³-hybridized carbons (Fsp3) is 0.286. The van der Waals surface area contributed by atoms with Crippen LogP contribution in [0.2, 0.25) is 0 Å². The number of dihydropyridines is 1. The van der Waals surface area contributed by atoms with Crippen LogP contribution in [0.1, 0.15) is 6.42 Å². The summed E-state index contributed by atoms with van der Waals surface area (Å²) in [5.41, 5.74) is 0.993. The van der Waals surface area contributed by atoms with E-state index >= 15 is 0 Å². The van der Waals surface area contributed by atoms with Gasteiger partial charge in [-0.15, -0.1) is 0 Å². The molecule has 52 valence electrons. The summed E-state index contributed by atoms with van der Waals surface area (Å²) in [5.74, 6) is 0.104. The van der Waals surface area contributed by atoms with Gasteiger partial charge in [-0.05, 0) is 18.4 Å². The minimum absolute atomic E-state index is 0.104. The first-order valence-electron chi connectivity index (χ1n) is 3.29. The molecule has 0 saturated carbocycles. The van der Waals surface area contributed by atoms with Crippen LogP contribution in [-0.2, 0) is 4.79 Å². The van der Waals surface area contributed by atoms with Crippen molar-refractivity contribution in [1.82, 2.24) is 10.6 Å². The monoisotopic (exact) mass is 136 g/mol. The number of hydrogen-bond acceptors (Lipinski definition) is 2. The zero-order chi connectivity index (χ0) is 6.97. The summed E-state index contributed by atoms with van der Waals surface area (Å²) >= 11 is 0. The zero-order valence-electron chi connectivity index (χ0n) is 5.42. The molecule has 1 atom stereocenters. The third kappa shape index (κ3) is 0.708. The average Bonchev–Trinajstić information content (AvgIpc) is 2.27. The molecule has 10 heavy (non-hydrogen) atoms. The third-order valence-corrected chi connectivity index (χ3v) is 1.72. The average molecular weight is 136 g/mol. The summed E-state index contributed by atoms with van der Waals surface area (Å²) in [6.07, 6.45) is 6.23. The van der Waals surface area contributed by atoms with E-state index < -0.39 is 0 Å². The number of hydrogen-bond donors (Lipinski definition) is 2. The van der Waals surface area contributed by atoms with Gasteiger partial charge in [-0.1, -0.05) is 0 Å². The lowest BCUT2D eigenvalue weighted by Gasteiger charge is -2.12. The number of nitrogens with one attached hydrogen (secondary N) is 2. The predicted molar refractivity (Wildman–Crippen MR) is 36.9 cm³/mol. The van der Waals surface area contributed by atoms with Crippen LogP contribution in [0, 0.1) is 0 Å². The SMILES string of the molecule is O=C1CC2NC=CC=C2N1. The highest BCUT2D eigenvalue weighted by molar-refractivity contribution is 5.83. The second-order valence-electron chi connectivity index (χ2n) is 2.45. The molecule has 3 nitrogen and oxygen atoms in total. The Morgan fingerprint density at radius 2 is 2.50 bits per heavy atom. The lowest BCUT2D eigenvalue weighted by molar-refractivity contribution is -0.118. The Morgan fingerprint density at radius 3 is 3.30 bits per heavy atom. The maximum atomic E-state index is 10.8. The summed E-state index contributed by atoms with van der Waals surface area (Å²) in [4.78, 5) is 10.8. The van der Waals surface area contributed by atoms with E-state index in [1.807, 2.05) is 18.4 Å². The topological polar surface area (TPSA) is 41.1 Å². The second-order valence-corrected chi connectivity index (χ2v) is 2.45. The first-order valence-corrected chi connectivity index (χ1v) is 3.29. The highest BCUT2D eigenvalue weighted by atomic mass is 16.2. The summed E-state index contributed by atoms with van der Waals surface area (Å²) in [5, 5.41) is 5.84. The van der Waals surface area contributed by atoms with Crippen LogP contribution in [-0.4, -0.2) is 11.9 Å². The van der Waals surface area contributed by atoms with Crippen LogP contribution in [0.25, 0.3) is 0 Å². The van der Waals surface area contributed by atoms with E-state index in [9.17, 15) is 4.79 Å². The van der Waals surface area contributed by atoms with Crippen molar-refractivity contribution in [3.05, 3.63) is 24.0 Å².